The van der Waals surface area contributed by atoms with Crippen molar-refractivity contribution in [3.8, 4) is 0 Å². The van der Waals surface area contributed by atoms with Crippen LogP contribution in [0.1, 0.15) is 13.8 Å². The predicted octanol–water partition coefficient (Wildman–Crippen LogP) is -0.465. The third kappa shape index (κ3) is 1.68. The van der Waals surface area contributed by atoms with Crippen LogP contribution >= 0.6 is 0 Å². The number of amides is 1. The predicted molar refractivity (Wildman–Crippen MR) is 46.6 cm³/mol. The van der Waals surface area contributed by atoms with Gasteiger partial charge in [0.2, 0.25) is 0 Å². The van der Waals surface area contributed by atoms with Crippen molar-refractivity contribution < 1.29 is 22.6 Å². The molecule has 0 radical (unpaired) electrons. The quantitative estimate of drug-likeness (QED) is 0.385. The second-order valence-electron chi connectivity index (χ2n) is 2.97. The summed E-state index contributed by atoms with van der Waals surface area (Å²) in [6.07, 6.45) is 1.06. The second-order valence-corrected chi connectivity index (χ2v) is 4.25. The third-order valence-electron chi connectivity index (χ3n) is 1.86. The zero-order valence-corrected chi connectivity index (χ0v) is 8.41. The number of β-lactam (4-membered cyclic amide) rings is 1. The van der Waals surface area contributed by atoms with Crippen LogP contribution in [0.25, 0.3) is 0 Å². The van der Waals surface area contributed by atoms with E-state index in [0.29, 0.717) is 4.31 Å². The second kappa shape index (κ2) is 3.18. The molecule has 78 valence electrons. The Morgan fingerprint density at radius 3 is 2.36 bits per heavy atom. The van der Waals surface area contributed by atoms with Crippen LogP contribution in [0.5, 0.6) is 0 Å². The maximum Gasteiger partial charge on any atom is 0.363 e. The van der Waals surface area contributed by atoms with Gasteiger partial charge in [0.15, 0.2) is 5.78 Å². The average molecular weight is 219 g/mol. The number of ketones is 1. The number of allylic oxidation sites excluding steroid dienone is 1. The van der Waals surface area contributed by atoms with Gasteiger partial charge < -0.3 is 0 Å². The standard InChI is InChI=1S/C7H9NO5S/c1-4(9)3-6-5(2)8(7(6)10)14(11,12)13/h3,5H,1-2H3,(H,11,12,13)/b6-3+. The van der Waals surface area contributed by atoms with Gasteiger partial charge in [-0.05, 0) is 19.9 Å². The number of nitrogens with zero attached hydrogens (tertiary/aromatic N) is 1. The molecule has 14 heavy (non-hydrogen) atoms. The van der Waals surface area contributed by atoms with Gasteiger partial charge in [-0.15, -0.1) is 0 Å². The lowest BCUT2D eigenvalue weighted by Crippen LogP contribution is -2.56. The van der Waals surface area contributed by atoms with Crippen LogP contribution in [0.4, 0.5) is 0 Å². The molecule has 1 N–H and O–H groups in total. The lowest BCUT2D eigenvalue weighted by atomic mass is 9.99. The first-order valence-corrected chi connectivity index (χ1v) is 5.18. The Labute approximate surface area is 81.1 Å². The molecule has 1 fully saturated rings. The van der Waals surface area contributed by atoms with Gasteiger partial charge in [-0.2, -0.15) is 8.42 Å². The molecular weight excluding hydrogens is 210 g/mol. The number of hydrogen-bond donors (Lipinski definition) is 1. The van der Waals surface area contributed by atoms with Crippen molar-refractivity contribution in [2.75, 3.05) is 0 Å². The van der Waals surface area contributed by atoms with Crippen molar-refractivity contribution in [1.29, 1.82) is 0 Å². The summed E-state index contributed by atoms with van der Waals surface area (Å²) < 4.78 is 30.1. The molecule has 1 aliphatic rings. The van der Waals surface area contributed by atoms with Crippen LogP contribution in [0, 0.1) is 0 Å². The van der Waals surface area contributed by atoms with E-state index < -0.39 is 22.3 Å². The molecule has 0 aromatic carbocycles. The fourth-order valence-electron chi connectivity index (χ4n) is 1.25. The summed E-state index contributed by atoms with van der Waals surface area (Å²) in [7, 11) is -4.50. The Balaban J connectivity index is 2.98. The van der Waals surface area contributed by atoms with E-state index in [1.165, 1.54) is 13.8 Å². The fraction of sp³-hybridized carbons (Fsp3) is 0.429. The van der Waals surface area contributed by atoms with E-state index in [9.17, 15) is 18.0 Å². The first kappa shape index (κ1) is 10.9. The molecule has 6 nitrogen and oxygen atoms in total. The number of carbonyl (C=O) groups excluding carboxylic acids is 2. The molecule has 1 unspecified atom stereocenters. The highest BCUT2D eigenvalue weighted by molar-refractivity contribution is 7.84. The molecule has 0 saturated carbocycles. The van der Waals surface area contributed by atoms with Crippen LogP contribution in [0.2, 0.25) is 0 Å². The molecule has 1 heterocycles. The fourth-order valence-corrected chi connectivity index (χ4v) is 2.08. The van der Waals surface area contributed by atoms with Crippen LogP contribution in [-0.4, -0.2) is 35.0 Å². The van der Waals surface area contributed by atoms with Crippen molar-refractivity contribution in [3.05, 3.63) is 11.6 Å². The number of hydrogen-bond acceptors (Lipinski definition) is 4. The van der Waals surface area contributed by atoms with Crippen molar-refractivity contribution in [3.63, 3.8) is 0 Å². The first-order chi connectivity index (χ1) is 6.25. The highest BCUT2D eigenvalue weighted by Crippen LogP contribution is 2.27. The Morgan fingerprint density at radius 2 is 2.07 bits per heavy atom. The van der Waals surface area contributed by atoms with Crippen molar-refractivity contribution >= 4 is 22.0 Å². The van der Waals surface area contributed by atoms with Crippen LogP contribution in [0.3, 0.4) is 0 Å². The van der Waals surface area contributed by atoms with Gasteiger partial charge in [0, 0.05) is 5.57 Å². The van der Waals surface area contributed by atoms with Gasteiger partial charge in [-0.25, -0.2) is 4.31 Å². The summed E-state index contributed by atoms with van der Waals surface area (Å²) in [5.41, 5.74) is 0.0927. The summed E-state index contributed by atoms with van der Waals surface area (Å²) in [5, 5.41) is 0. The molecular formula is C7H9NO5S. The Hall–Kier alpha value is -1.21. The van der Waals surface area contributed by atoms with E-state index in [-0.39, 0.29) is 11.4 Å². The van der Waals surface area contributed by atoms with E-state index >= 15 is 0 Å². The van der Waals surface area contributed by atoms with Gasteiger partial charge in [0.1, 0.15) is 0 Å². The third-order valence-corrected chi connectivity index (χ3v) is 2.84. The lowest BCUT2D eigenvalue weighted by Gasteiger charge is -2.36. The number of carbonyl (C=O) groups is 2. The van der Waals surface area contributed by atoms with E-state index in [1.54, 1.807) is 0 Å². The molecule has 0 aromatic heterocycles. The molecule has 0 aliphatic carbocycles. The van der Waals surface area contributed by atoms with Crippen molar-refractivity contribution in [1.82, 2.24) is 4.31 Å². The molecule has 1 aliphatic heterocycles. The minimum atomic E-state index is -4.50. The molecule has 0 spiro atoms. The summed E-state index contributed by atoms with van der Waals surface area (Å²) in [6, 6.07) is -0.776. The topological polar surface area (TPSA) is 91.8 Å². The summed E-state index contributed by atoms with van der Waals surface area (Å²) in [6.45, 7) is 2.66. The van der Waals surface area contributed by atoms with Crippen molar-refractivity contribution in [2.24, 2.45) is 0 Å². The monoisotopic (exact) mass is 219 g/mol. The largest absolute Gasteiger partial charge is 0.363 e. The van der Waals surface area contributed by atoms with Crippen LogP contribution < -0.4 is 0 Å². The zero-order chi connectivity index (χ0) is 11.1. The van der Waals surface area contributed by atoms with Gasteiger partial charge in [0.05, 0.1) is 6.04 Å². The summed E-state index contributed by atoms with van der Waals surface area (Å²) in [5.74, 6) is -1.19. The average Bonchev–Trinajstić information content (AvgIpc) is 1.98. The minimum absolute atomic E-state index is 0.0927. The molecule has 7 heteroatoms. The highest BCUT2D eigenvalue weighted by atomic mass is 32.2. The normalized spacial score (nSPS) is 25.1. The molecule has 1 amide bonds. The van der Waals surface area contributed by atoms with Crippen molar-refractivity contribution in [2.45, 2.75) is 19.9 Å². The van der Waals surface area contributed by atoms with Gasteiger partial charge in [-0.3, -0.25) is 14.1 Å². The zero-order valence-electron chi connectivity index (χ0n) is 7.59. The Bertz CT molecular complexity index is 421. The van der Waals surface area contributed by atoms with Gasteiger partial charge in [-0.1, -0.05) is 0 Å². The minimum Gasteiger partial charge on any atom is -0.295 e. The maximum atomic E-state index is 11.1. The summed E-state index contributed by atoms with van der Waals surface area (Å²) >= 11 is 0. The first-order valence-electron chi connectivity index (χ1n) is 3.78. The Kier molecular flexibility index (Phi) is 2.47. The molecule has 0 bridgehead atoms. The lowest BCUT2D eigenvalue weighted by molar-refractivity contribution is -0.130. The molecule has 1 atom stereocenters. The smallest absolute Gasteiger partial charge is 0.295 e. The molecule has 0 aromatic rings. The van der Waals surface area contributed by atoms with E-state index in [1.807, 2.05) is 0 Å². The van der Waals surface area contributed by atoms with Gasteiger partial charge >= 0.3 is 10.3 Å². The van der Waals surface area contributed by atoms with Gasteiger partial charge in [0.25, 0.3) is 5.91 Å². The summed E-state index contributed by atoms with van der Waals surface area (Å²) in [4.78, 5) is 21.8. The molecule has 1 saturated heterocycles. The highest BCUT2D eigenvalue weighted by Gasteiger charge is 2.46. The molecule has 1 rings (SSSR count). The van der Waals surface area contributed by atoms with E-state index in [0.717, 1.165) is 6.08 Å². The van der Waals surface area contributed by atoms with E-state index in [2.05, 4.69) is 0 Å². The number of rotatable bonds is 2. The maximum absolute atomic E-state index is 11.1. The van der Waals surface area contributed by atoms with Crippen LogP contribution in [-0.2, 0) is 19.9 Å². The van der Waals surface area contributed by atoms with E-state index in [4.69, 9.17) is 4.55 Å². The van der Waals surface area contributed by atoms with Crippen LogP contribution in [0.15, 0.2) is 11.6 Å². The SMILES string of the molecule is CC(=O)/C=C1/C(=O)N(S(=O)(=O)O)C1C. The Morgan fingerprint density at radius 1 is 1.57 bits per heavy atom.